The fourth-order valence-corrected chi connectivity index (χ4v) is 10.3. The Bertz CT molecular complexity index is 1770. The first-order valence-corrected chi connectivity index (χ1v) is 24.0. The van der Waals surface area contributed by atoms with Crippen LogP contribution in [0, 0.1) is 11.3 Å². The molecule has 0 fully saturated rings. The van der Waals surface area contributed by atoms with E-state index in [-0.39, 0.29) is 0 Å². The van der Waals surface area contributed by atoms with Gasteiger partial charge in [0.2, 0.25) is 0 Å². The molecule has 5 rings (SSSR count). The molecule has 0 aliphatic rings. The predicted octanol–water partition coefficient (Wildman–Crippen LogP) is 15.4. The number of nitrogens with zero attached hydrogens (tertiary/aromatic N) is 1. The maximum atomic E-state index is 11.6. The van der Waals surface area contributed by atoms with E-state index in [9.17, 15) is 5.26 Å². The third-order valence-electron chi connectivity index (χ3n) is 8.58. The SMILES string of the molecule is N#Cc1c(-c2c(CBr)cccc2CBr)c(-c2c(CBr)cccc2CBr)cc(-c2c(CBr)cccc2CBr)c1-c1c(CBr)cccc1CBr. The van der Waals surface area contributed by atoms with Gasteiger partial charge in [0.15, 0.2) is 0 Å². The molecule has 0 aromatic heterocycles. The number of halogens is 8. The Morgan fingerprint density at radius 3 is 0.792 bits per heavy atom. The van der Waals surface area contributed by atoms with Crippen molar-refractivity contribution in [1.29, 1.82) is 5.26 Å². The molecular formula is C39H29Br8N. The second-order valence-electron chi connectivity index (χ2n) is 11.1. The van der Waals surface area contributed by atoms with Crippen LogP contribution in [0.15, 0.2) is 78.9 Å². The fraction of sp³-hybridized carbons (Fsp3) is 0.205. The molecule has 246 valence electrons. The van der Waals surface area contributed by atoms with Crippen LogP contribution in [-0.4, -0.2) is 0 Å². The molecule has 0 saturated carbocycles. The van der Waals surface area contributed by atoms with E-state index in [1.807, 2.05) is 0 Å². The van der Waals surface area contributed by atoms with Crippen molar-refractivity contribution in [2.24, 2.45) is 0 Å². The Morgan fingerprint density at radius 1 is 0.354 bits per heavy atom. The molecule has 5 aromatic rings. The standard InChI is InChI=1S/C39H29Br8N/c40-14-23-5-1-6-24(15-41)34(23)31-13-32(35-25(16-42)7-2-8-26(35)17-43)39(37-29(20-46)11-4-12-30(37)21-47)33(22-48)38(31)36-27(18-44)9-3-10-28(36)19-45/h1-13H,14-21H2. The molecule has 0 N–H and O–H groups in total. The maximum Gasteiger partial charge on any atom is 0.100 e. The van der Waals surface area contributed by atoms with E-state index in [2.05, 4.69) is 212 Å². The molecule has 0 atom stereocenters. The first-order chi connectivity index (χ1) is 23.5. The lowest BCUT2D eigenvalue weighted by atomic mass is 9.76. The van der Waals surface area contributed by atoms with Crippen molar-refractivity contribution in [3.05, 3.63) is 129 Å². The summed E-state index contributed by atoms with van der Waals surface area (Å²) in [7, 11) is 0. The molecule has 5 aromatic carbocycles. The minimum atomic E-state index is 0.654. The van der Waals surface area contributed by atoms with Gasteiger partial charge in [0.05, 0.1) is 5.56 Å². The average Bonchev–Trinajstić information content (AvgIpc) is 3.15. The molecule has 0 heterocycles. The van der Waals surface area contributed by atoms with Crippen molar-refractivity contribution < 1.29 is 0 Å². The smallest absolute Gasteiger partial charge is 0.100 e. The van der Waals surface area contributed by atoms with E-state index < -0.39 is 0 Å². The van der Waals surface area contributed by atoms with Gasteiger partial charge in [-0.25, -0.2) is 0 Å². The lowest BCUT2D eigenvalue weighted by Crippen LogP contribution is -2.07. The summed E-state index contributed by atoms with van der Waals surface area (Å²) < 4.78 is 0. The van der Waals surface area contributed by atoms with Crippen molar-refractivity contribution in [1.82, 2.24) is 0 Å². The van der Waals surface area contributed by atoms with Crippen molar-refractivity contribution in [2.75, 3.05) is 0 Å². The van der Waals surface area contributed by atoms with Crippen LogP contribution in [0.3, 0.4) is 0 Å². The first kappa shape index (κ1) is 38.7. The Morgan fingerprint density at radius 2 is 0.583 bits per heavy atom. The van der Waals surface area contributed by atoms with Crippen molar-refractivity contribution in [3.8, 4) is 50.6 Å². The highest BCUT2D eigenvalue weighted by molar-refractivity contribution is 9.09. The average molecular weight is 1150 g/mol. The second kappa shape index (κ2) is 18.3. The predicted molar refractivity (Wildman–Crippen MR) is 234 cm³/mol. The van der Waals surface area contributed by atoms with E-state index in [0.717, 1.165) is 66.8 Å². The number of benzene rings is 5. The number of nitriles is 1. The molecular weight excluding hydrogens is 1120 g/mol. The number of rotatable bonds is 12. The number of hydrogen-bond acceptors (Lipinski definition) is 1. The van der Waals surface area contributed by atoms with Gasteiger partial charge in [-0.15, -0.1) is 0 Å². The summed E-state index contributed by atoms with van der Waals surface area (Å²) in [6.07, 6.45) is 0. The molecule has 0 aliphatic carbocycles. The Kier molecular flexibility index (Phi) is 14.7. The highest BCUT2D eigenvalue weighted by Crippen LogP contribution is 2.52. The van der Waals surface area contributed by atoms with Crippen LogP contribution in [0.5, 0.6) is 0 Å². The quantitative estimate of drug-likeness (QED) is 0.114. The molecule has 0 spiro atoms. The van der Waals surface area contributed by atoms with Gasteiger partial charge >= 0.3 is 0 Å². The minimum Gasteiger partial charge on any atom is -0.192 e. The van der Waals surface area contributed by atoms with E-state index in [1.165, 1.54) is 22.3 Å². The van der Waals surface area contributed by atoms with Crippen LogP contribution in [0.25, 0.3) is 44.5 Å². The molecule has 0 unspecified atom stereocenters. The molecule has 1 nitrogen and oxygen atoms in total. The van der Waals surface area contributed by atoms with Crippen LogP contribution in [0.2, 0.25) is 0 Å². The summed E-state index contributed by atoms with van der Waals surface area (Å²) in [5, 5.41) is 16.9. The van der Waals surface area contributed by atoms with Gasteiger partial charge < -0.3 is 0 Å². The minimum absolute atomic E-state index is 0.654. The van der Waals surface area contributed by atoms with Gasteiger partial charge in [0.1, 0.15) is 6.07 Å². The highest BCUT2D eigenvalue weighted by atomic mass is 79.9. The zero-order valence-corrected chi connectivity index (χ0v) is 38.3. The van der Waals surface area contributed by atoms with Gasteiger partial charge in [-0.3, -0.25) is 0 Å². The van der Waals surface area contributed by atoms with E-state index >= 15 is 0 Å². The second-order valence-corrected chi connectivity index (χ2v) is 15.6. The van der Waals surface area contributed by atoms with Crippen molar-refractivity contribution in [2.45, 2.75) is 42.6 Å². The molecule has 0 saturated heterocycles. The van der Waals surface area contributed by atoms with Crippen LogP contribution >= 0.6 is 127 Å². The Balaban J connectivity index is 2.20. The normalized spacial score (nSPS) is 11.1. The lowest BCUT2D eigenvalue weighted by molar-refractivity contribution is 1.30. The van der Waals surface area contributed by atoms with Crippen LogP contribution in [0.1, 0.15) is 50.1 Å². The molecule has 0 aliphatic heterocycles. The summed E-state index contributed by atoms with van der Waals surface area (Å²) in [4.78, 5) is 0. The Labute approximate surface area is 350 Å². The van der Waals surface area contributed by atoms with Crippen LogP contribution < -0.4 is 0 Å². The van der Waals surface area contributed by atoms with E-state index in [1.54, 1.807) is 0 Å². The van der Waals surface area contributed by atoms with Crippen molar-refractivity contribution >= 4 is 127 Å². The molecule has 48 heavy (non-hydrogen) atoms. The molecule has 0 radical (unpaired) electrons. The lowest BCUT2D eigenvalue weighted by Gasteiger charge is -2.27. The summed E-state index contributed by atoms with van der Waals surface area (Å²) in [6, 6.07) is 31.0. The van der Waals surface area contributed by atoms with Gasteiger partial charge in [-0.05, 0) is 84.0 Å². The number of hydrogen-bond donors (Lipinski definition) is 0. The maximum absolute atomic E-state index is 11.6. The topological polar surface area (TPSA) is 23.8 Å². The van der Waals surface area contributed by atoms with Gasteiger partial charge in [-0.1, -0.05) is 200 Å². The highest BCUT2D eigenvalue weighted by Gasteiger charge is 2.30. The number of alkyl halides is 8. The monoisotopic (exact) mass is 1140 g/mol. The summed E-state index contributed by atoms with van der Waals surface area (Å²) in [5.74, 6) is 0. The van der Waals surface area contributed by atoms with Gasteiger partial charge in [0.25, 0.3) is 0 Å². The summed E-state index contributed by atoms with van der Waals surface area (Å²) in [6.45, 7) is 0. The molecule has 9 heteroatoms. The van der Waals surface area contributed by atoms with Crippen molar-refractivity contribution in [3.63, 3.8) is 0 Å². The van der Waals surface area contributed by atoms with Crippen LogP contribution in [0.4, 0.5) is 0 Å². The summed E-state index contributed by atoms with van der Waals surface area (Å²) in [5.41, 5.74) is 18.4. The third kappa shape index (κ3) is 7.49. The molecule has 0 bridgehead atoms. The Hall–Kier alpha value is -0.570. The largest absolute Gasteiger partial charge is 0.192 e. The van der Waals surface area contributed by atoms with Crippen LogP contribution in [-0.2, 0) is 42.6 Å². The van der Waals surface area contributed by atoms with E-state index in [4.69, 9.17) is 0 Å². The summed E-state index contributed by atoms with van der Waals surface area (Å²) >= 11 is 30.5. The third-order valence-corrected chi connectivity index (χ3v) is 13.4. The van der Waals surface area contributed by atoms with Gasteiger partial charge in [0, 0.05) is 53.8 Å². The molecule has 0 amide bonds. The zero-order valence-electron chi connectivity index (χ0n) is 25.6. The fourth-order valence-electron chi connectivity index (χ4n) is 6.55. The van der Waals surface area contributed by atoms with E-state index in [0.29, 0.717) is 48.2 Å². The first-order valence-electron chi connectivity index (χ1n) is 15.0. The zero-order chi connectivity index (χ0) is 34.4. The van der Waals surface area contributed by atoms with Gasteiger partial charge in [-0.2, -0.15) is 5.26 Å².